The van der Waals surface area contributed by atoms with Crippen LogP contribution in [0.1, 0.15) is 23.1 Å². The standard InChI is InChI=1S/C14H14ClFN2O/c15-10-1-2-11(13(16)7-10)14(19)12(8-17)9-3-5-18-6-4-9/h1-7,12,14,19H,8,17H2. The van der Waals surface area contributed by atoms with Gasteiger partial charge in [0.1, 0.15) is 5.82 Å². The quantitative estimate of drug-likeness (QED) is 0.905. The molecule has 0 aliphatic rings. The predicted molar refractivity (Wildman–Crippen MR) is 72.4 cm³/mol. The smallest absolute Gasteiger partial charge is 0.130 e. The average molecular weight is 281 g/mol. The van der Waals surface area contributed by atoms with E-state index >= 15 is 0 Å². The highest BCUT2D eigenvalue weighted by Gasteiger charge is 2.24. The highest BCUT2D eigenvalue weighted by molar-refractivity contribution is 6.30. The first kappa shape index (κ1) is 13.9. The third-order valence-electron chi connectivity index (χ3n) is 3.05. The third-order valence-corrected chi connectivity index (χ3v) is 3.29. The van der Waals surface area contributed by atoms with E-state index < -0.39 is 17.8 Å². The van der Waals surface area contributed by atoms with Gasteiger partial charge < -0.3 is 10.8 Å². The summed E-state index contributed by atoms with van der Waals surface area (Å²) in [6.45, 7) is 0.202. The van der Waals surface area contributed by atoms with Gasteiger partial charge in [-0.3, -0.25) is 4.98 Å². The molecule has 1 aromatic carbocycles. The Morgan fingerprint density at radius 2 is 1.95 bits per heavy atom. The second-order valence-electron chi connectivity index (χ2n) is 4.23. The molecule has 100 valence electrons. The molecule has 0 saturated heterocycles. The lowest BCUT2D eigenvalue weighted by atomic mass is 9.89. The topological polar surface area (TPSA) is 59.1 Å². The maximum Gasteiger partial charge on any atom is 0.130 e. The molecule has 2 atom stereocenters. The van der Waals surface area contributed by atoms with Crippen LogP contribution in [0.4, 0.5) is 4.39 Å². The number of rotatable bonds is 4. The normalized spacial score (nSPS) is 14.1. The molecular formula is C14H14ClFN2O. The Morgan fingerprint density at radius 1 is 1.26 bits per heavy atom. The monoisotopic (exact) mass is 280 g/mol. The SMILES string of the molecule is NCC(c1ccncc1)C(O)c1ccc(Cl)cc1F. The first-order chi connectivity index (χ1) is 9.13. The molecule has 1 heterocycles. The van der Waals surface area contributed by atoms with Crippen LogP contribution in [-0.4, -0.2) is 16.6 Å². The molecule has 3 nitrogen and oxygen atoms in total. The summed E-state index contributed by atoms with van der Waals surface area (Å²) in [5, 5.41) is 10.6. The molecule has 3 N–H and O–H groups in total. The molecule has 2 rings (SSSR count). The van der Waals surface area contributed by atoms with Crippen molar-refractivity contribution >= 4 is 11.6 Å². The fraction of sp³-hybridized carbons (Fsp3) is 0.214. The lowest BCUT2D eigenvalue weighted by Crippen LogP contribution is -2.21. The third kappa shape index (κ3) is 3.10. The van der Waals surface area contributed by atoms with Crippen LogP contribution in [0.5, 0.6) is 0 Å². The van der Waals surface area contributed by atoms with Crippen molar-refractivity contribution in [2.24, 2.45) is 5.73 Å². The highest BCUT2D eigenvalue weighted by Crippen LogP contribution is 2.32. The van der Waals surface area contributed by atoms with Gasteiger partial charge in [-0.05, 0) is 29.8 Å². The van der Waals surface area contributed by atoms with E-state index in [1.807, 2.05) is 0 Å². The molecule has 0 spiro atoms. The van der Waals surface area contributed by atoms with E-state index in [1.165, 1.54) is 12.1 Å². The Bertz CT molecular complexity index is 550. The zero-order valence-corrected chi connectivity index (χ0v) is 10.9. The number of pyridine rings is 1. The number of nitrogens with zero attached hydrogens (tertiary/aromatic N) is 1. The van der Waals surface area contributed by atoms with Crippen molar-refractivity contribution in [2.45, 2.75) is 12.0 Å². The van der Waals surface area contributed by atoms with Crippen molar-refractivity contribution in [3.05, 3.63) is 64.7 Å². The molecule has 5 heteroatoms. The Kier molecular flexibility index (Phi) is 4.47. The largest absolute Gasteiger partial charge is 0.388 e. The van der Waals surface area contributed by atoms with E-state index in [1.54, 1.807) is 30.6 Å². The molecule has 0 fully saturated rings. The van der Waals surface area contributed by atoms with E-state index in [2.05, 4.69) is 4.98 Å². The van der Waals surface area contributed by atoms with Crippen molar-refractivity contribution in [3.8, 4) is 0 Å². The van der Waals surface area contributed by atoms with Crippen LogP contribution in [0.2, 0.25) is 5.02 Å². The summed E-state index contributed by atoms with van der Waals surface area (Å²) in [5.41, 5.74) is 6.70. The van der Waals surface area contributed by atoms with Crippen LogP contribution in [0.15, 0.2) is 42.7 Å². The van der Waals surface area contributed by atoms with Gasteiger partial charge in [0.05, 0.1) is 6.10 Å². The van der Waals surface area contributed by atoms with Gasteiger partial charge in [-0.15, -0.1) is 0 Å². The highest BCUT2D eigenvalue weighted by atomic mass is 35.5. The minimum atomic E-state index is -1.02. The lowest BCUT2D eigenvalue weighted by Gasteiger charge is -2.22. The van der Waals surface area contributed by atoms with E-state index in [0.29, 0.717) is 5.02 Å². The first-order valence-electron chi connectivity index (χ1n) is 5.86. The van der Waals surface area contributed by atoms with Gasteiger partial charge >= 0.3 is 0 Å². The molecule has 0 aliphatic heterocycles. The lowest BCUT2D eigenvalue weighted by molar-refractivity contribution is 0.143. The number of aliphatic hydroxyl groups excluding tert-OH is 1. The van der Waals surface area contributed by atoms with Gasteiger partial charge in [0, 0.05) is 35.4 Å². The van der Waals surface area contributed by atoms with Crippen LogP contribution in [0, 0.1) is 5.82 Å². The van der Waals surface area contributed by atoms with Crippen molar-refractivity contribution in [1.82, 2.24) is 4.98 Å². The summed E-state index contributed by atoms with van der Waals surface area (Å²) >= 11 is 5.70. The van der Waals surface area contributed by atoms with Crippen molar-refractivity contribution < 1.29 is 9.50 Å². The zero-order valence-electron chi connectivity index (χ0n) is 10.1. The average Bonchev–Trinajstić information content (AvgIpc) is 2.40. The zero-order chi connectivity index (χ0) is 13.8. The summed E-state index contributed by atoms with van der Waals surface area (Å²) in [5.74, 6) is -0.925. The number of aliphatic hydroxyl groups is 1. The van der Waals surface area contributed by atoms with E-state index in [9.17, 15) is 9.50 Å². The molecule has 0 radical (unpaired) electrons. The van der Waals surface area contributed by atoms with Gasteiger partial charge in [0.25, 0.3) is 0 Å². The van der Waals surface area contributed by atoms with Gasteiger partial charge in [0.2, 0.25) is 0 Å². The van der Waals surface area contributed by atoms with Crippen LogP contribution < -0.4 is 5.73 Å². The molecule has 0 aliphatic carbocycles. The number of hydrogen-bond acceptors (Lipinski definition) is 3. The number of nitrogens with two attached hydrogens (primary N) is 1. The molecule has 1 aromatic heterocycles. The summed E-state index contributed by atoms with van der Waals surface area (Å²) in [4.78, 5) is 3.91. The van der Waals surface area contributed by atoms with Gasteiger partial charge in [0.15, 0.2) is 0 Å². The van der Waals surface area contributed by atoms with Crippen LogP contribution in [0.25, 0.3) is 0 Å². The molecule has 2 unspecified atom stereocenters. The molecule has 0 amide bonds. The van der Waals surface area contributed by atoms with Gasteiger partial charge in [-0.1, -0.05) is 17.7 Å². The van der Waals surface area contributed by atoms with Crippen molar-refractivity contribution in [3.63, 3.8) is 0 Å². The summed E-state index contributed by atoms with van der Waals surface area (Å²) in [6, 6.07) is 7.72. The molecule has 2 aromatic rings. The Labute approximate surface area is 115 Å². The fourth-order valence-electron chi connectivity index (χ4n) is 2.02. The van der Waals surface area contributed by atoms with Gasteiger partial charge in [-0.2, -0.15) is 0 Å². The number of benzene rings is 1. The van der Waals surface area contributed by atoms with Crippen LogP contribution in [0.3, 0.4) is 0 Å². The minimum absolute atomic E-state index is 0.191. The van der Waals surface area contributed by atoms with E-state index in [0.717, 1.165) is 5.56 Å². The molecule has 0 saturated carbocycles. The molecule has 0 bridgehead atoms. The maximum absolute atomic E-state index is 13.8. The van der Waals surface area contributed by atoms with Crippen molar-refractivity contribution in [2.75, 3.05) is 6.54 Å². The maximum atomic E-state index is 13.8. The van der Waals surface area contributed by atoms with Crippen molar-refractivity contribution in [1.29, 1.82) is 0 Å². The molecule has 19 heavy (non-hydrogen) atoms. The van der Waals surface area contributed by atoms with E-state index in [-0.39, 0.29) is 12.1 Å². The summed E-state index contributed by atoms with van der Waals surface area (Å²) < 4.78 is 13.8. The second-order valence-corrected chi connectivity index (χ2v) is 4.67. The summed E-state index contributed by atoms with van der Waals surface area (Å²) in [7, 11) is 0. The van der Waals surface area contributed by atoms with E-state index in [4.69, 9.17) is 17.3 Å². The first-order valence-corrected chi connectivity index (χ1v) is 6.24. The second kappa shape index (κ2) is 6.10. The number of hydrogen-bond donors (Lipinski definition) is 2. The fourth-order valence-corrected chi connectivity index (χ4v) is 2.17. The Balaban J connectivity index is 2.33. The predicted octanol–water partition coefficient (Wildman–Crippen LogP) is 2.65. The minimum Gasteiger partial charge on any atom is -0.388 e. The van der Waals surface area contributed by atoms with Gasteiger partial charge in [-0.25, -0.2) is 4.39 Å². The Morgan fingerprint density at radius 3 is 2.53 bits per heavy atom. The number of aromatic nitrogens is 1. The summed E-state index contributed by atoms with van der Waals surface area (Å²) in [6.07, 6.45) is 2.20. The number of halogens is 2. The van der Waals surface area contributed by atoms with Crippen LogP contribution in [-0.2, 0) is 0 Å². The van der Waals surface area contributed by atoms with Crippen LogP contribution >= 0.6 is 11.6 Å². The Hall–Kier alpha value is -1.49. The molecular weight excluding hydrogens is 267 g/mol.